The van der Waals surface area contributed by atoms with Crippen molar-refractivity contribution in [2.75, 3.05) is 21.3 Å². The van der Waals surface area contributed by atoms with Crippen molar-refractivity contribution >= 4 is 0 Å². The minimum atomic E-state index is -5.18. The lowest BCUT2D eigenvalue weighted by Gasteiger charge is -2.46. The van der Waals surface area contributed by atoms with Gasteiger partial charge in [0.2, 0.25) is 0 Å². The Kier molecular flexibility index (Phi) is 8.19. The van der Waals surface area contributed by atoms with E-state index in [0.29, 0.717) is 12.8 Å². The Morgan fingerprint density at radius 2 is 1.30 bits per heavy atom. The van der Waals surface area contributed by atoms with Gasteiger partial charge in [0.05, 0.1) is 0 Å². The third-order valence-corrected chi connectivity index (χ3v) is 4.64. The molecule has 0 saturated heterocycles. The highest BCUT2D eigenvalue weighted by Crippen LogP contribution is 2.58. The summed E-state index contributed by atoms with van der Waals surface area (Å²) in [5, 5.41) is 0. The zero-order chi connectivity index (χ0) is 20.8. The summed E-state index contributed by atoms with van der Waals surface area (Å²) in [4.78, 5) is 0. The van der Waals surface area contributed by atoms with Crippen LogP contribution >= 0.6 is 0 Å². The van der Waals surface area contributed by atoms with Crippen LogP contribution in [0.2, 0.25) is 0 Å². The van der Waals surface area contributed by atoms with Crippen LogP contribution in [-0.4, -0.2) is 39.1 Å². The zero-order valence-corrected chi connectivity index (χ0v) is 16.0. The predicted molar refractivity (Wildman–Crippen MR) is 91.6 cm³/mol. The van der Waals surface area contributed by atoms with Crippen LogP contribution in [0.4, 0.5) is 22.0 Å². The summed E-state index contributed by atoms with van der Waals surface area (Å²) in [5.74, 6) is -12.9. The molecule has 1 aromatic rings. The fourth-order valence-corrected chi connectivity index (χ4v) is 3.07. The van der Waals surface area contributed by atoms with Crippen molar-refractivity contribution in [3.05, 3.63) is 35.9 Å². The molecule has 1 unspecified atom stereocenters. The van der Waals surface area contributed by atoms with Gasteiger partial charge in [-0.3, -0.25) is 0 Å². The summed E-state index contributed by atoms with van der Waals surface area (Å²) < 4.78 is 89.8. The van der Waals surface area contributed by atoms with Crippen molar-refractivity contribution in [1.82, 2.24) is 0 Å². The number of rotatable bonds is 12. The number of hydrogen-bond acceptors (Lipinski definition) is 3. The molecule has 27 heavy (non-hydrogen) atoms. The van der Waals surface area contributed by atoms with Crippen LogP contribution in [-0.2, 0) is 19.9 Å². The highest BCUT2D eigenvalue weighted by molar-refractivity contribution is 5.29. The second-order valence-electron chi connectivity index (χ2n) is 6.28. The van der Waals surface area contributed by atoms with E-state index in [-0.39, 0.29) is 6.42 Å². The van der Waals surface area contributed by atoms with Gasteiger partial charge in [-0.1, -0.05) is 56.5 Å². The molecule has 1 atom stereocenters. The lowest BCUT2D eigenvalue weighted by molar-refractivity contribution is -0.457. The van der Waals surface area contributed by atoms with E-state index in [2.05, 4.69) is 0 Å². The molecule has 0 aliphatic carbocycles. The van der Waals surface area contributed by atoms with E-state index in [1.54, 1.807) is 0 Å². The van der Waals surface area contributed by atoms with Crippen LogP contribution in [0.5, 0.6) is 0 Å². The third-order valence-electron chi connectivity index (χ3n) is 4.64. The van der Waals surface area contributed by atoms with Gasteiger partial charge in [-0.15, -0.1) is 0 Å². The minimum absolute atomic E-state index is 0.165. The zero-order valence-electron chi connectivity index (χ0n) is 16.0. The molecule has 156 valence electrons. The van der Waals surface area contributed by atoms with Gasteiger partial charge in [0.1, 0.15) is 0 Å². The molecule has 0 aromatic heterocycles. The second kappa shape index (κ2) is 9.30. The molecule has 0 saturated carbocycles. The Morgan fingerprint density at radius 1 is 0.778 bits per heavy atom. The first-order valence-corrected chi connectivity index (χ1v) is 8.75. The Balaban J connectivity index is 3.49. The van der Waals surface area contributed by atoms with Crippen molar-refractivity contribution in [2.45, 2.75) is 62.5 Å². The van der Waals surface area contributed by atoms with Crippen molar-refractivity contribution in [3.8, 4) is 0 Å². The van der Waals surface area contributed by atoms with Crippen LogP contribution < -0.4 is 0 Å². The number of benzene rings is 1. The van der Waals surface area contributed by atoms with E-state index in [4.69, 9.17) is 14.2 Å². The molecule has 0 amide bonds. The maximum Gasteiger partial charge on any atom is 0.355 e. The van der Waals surface area contributed by atoms with Gasteiger partial charge >= 0.3 is 17.8 Å². The predicted octanol–water partition coefficient (Wildman–Crippen LogP) is 5.69. The van der Waals surface area contributed by atoms with Crippen LogP contribution in [0.15, 0.2) is 30.3 Å². The molecular weight excluding hydrogens is 371 g/mol. The lowest BCUT2D eigenvalue weighted by atomic mass is 9.81. The normalized spacial score (nSPS) is 15.6. The average Bonchev–Trinajstić information content (AvgIpc) is 2.67. The van der Waals surface area contributed by atoms with Gasteiger partial charge in [-0.25, -0.2) is 4.39 Å². The van der Waals surface area contributed by atoms with Gasteiger partial charge in [0.25, 0.3) is 5.67 Å². The first-order chi connectivity index (χ1) is 12.6. The van der Waals surface area contributed by atoms with E-state index in [1.807, 2.05) is 6.92 Å². The van der Waals surface area contributed by atoms with Crippen molar-refractivity contribution in [1.29, 1.82) is 0 Å². The quantitative estimate of drug-likeness (QED) is 0.257. The summed E-state index contributed by atoms with van der Waals surface area (Å²) in [6, 6.07) is 5.88. The van der Waals surface area contributed by atoms with Crippen molar-refractivity contribution in [2.24, 2.45) is 0 Å². The Morgan fingerprint density at radius 3 is 1.74 bits per heavy atom. The largest absolute Gasteiger partial charge is 0.355 e. The first-order valence-electron chi connectivity index (χ1n) is 8.75. The van der Waals surface area contributed by atoms with Gasteiger partial charge in [-0.05, 0) is 6.42 Å². The summed E-state index contributed by atoms with van der Waals surface area (Å²) >= 11 is 0. The van der Waals surface area contributed by atoms with Crippen molar-refractivity contribution < 1.29 is 36.2 Å². The standard InChI is InChI=1S/C19H27F5O3/c1-5-6-7-11-14-16(20,21)18(23,24)17(22,15-12-9-8-10-13-15)19(25-2,26-3)27-4/h8-10,12-13H,5-7,11,14H2,1-4H3. The first kappa shape index (κ1) is 23.8. The van der Waals surface area contributed by atoms with Crippen LogP contribution in [0.3, 0.4) is 0 Å². The van der Waals surface area contributed by atoms with E-state index in [1.165, 1.54) is 18.2 Å². The Hall–Kier alpha value is -1.25. The molecule has 0 heterocycles. The third kappa shape index (κ3) is 4.12. The topological polar surface area (TPSA) is 27.7 Å². The minimum Gasteiger partial charge on any atom is -0.328 e. The SMILES string of the molecule is CCCCCCC(F)(F)C(F)(F)C(F)(c1ccccc1)C(OC)(OC)OC. The van der Waals surface area contributed by atoms with E-state index in [0.717, 1.165) is 39.9 Å². The maximum atomic E-state index is 16.1. The highest BCUT2D eigenvalue weighted by Gasteiger charge is 2.79. The second-order valence-corrected chi connectivity index (χ2v) is 6.28. The molecule has 1 aromatic carbocycles. The van der Waals surface area contributed by atoms with Crippen molar-refractivity contribution in [3.63, 3.8) is 0 Å². The molecule has 0 radical (unpaired) electrons. The molecule has 8 heteroatoms. The molecule has 1 rings (SSSR count). The molecule has 0 aliphatic heterocycles. The average molecular weight is 398 g/mol. The monoisotopic (exact) mass is 398 g/mol. The highest BCUT2D eigenvalue weighted by atomic mass is 19.3. The number of unbranched alkanes of at least 4 members (excludes halogenated alkanes) is 3. The van der Waals surface area contributed by atoms with Crippen LogP contribution in [0.1, 0.15) is 44.6 Å². The Bertz CT molecular complexity index is 555. The number of ether oxygens (including phenoxy) is 3. The van der Waals surface area contributed by atoms with Crippen LogP contribution in [0, 0.1) is 0 Å². The van der Waals surface area contributed by atoms with Gasteiger partial charge in [0.15, 0.2) is 0 Å². The summed E-state index contributed by atoms with van der Waals surface area (Å²) in [7, 11) is 2.54. The lowest BCUT2D eigenvalue weighted by Crippen LogP contribution is -2.67. The molecule has 0 fully saturated rings. The fourth-order valence-electron chi connectivity index (χ4n) is 3.07. The number of halogens is 5. The van der Waals surface area contributed by atoms with Gasteiger partial charge in [0, 0.05) is 33.3 Å². The summed E-state index contributed by atoms with van der Waals surface area (Å²) in [6.45, 7) is 1.86. The molecule has 0 spiro atoms. The molecule has 0 bridgehead atoms. The number of hydrogen-bond donors (Lipinski definition) is 0. The van der Waals surface area contributed by atoms with Gasteiger partial charge in [-0.2, -0.15) is 17.6 Å². The molecular formula is C19H27F5O3. The summed E-state index contributed by atoms with van der Waals surface area (Å²) in [6.07, 6.45) is 0.377. The van der Waals surface area contributed by atoms with Gasteiger partial charge < -0.3 is 14.2 Å². The fraction of sp³-hybridized carbons (Fsp3) is 0.684. The summed E-state index contributed by atoms with van der Waals surface area (Å²) in [5.41, 5.74) is -4.86. The van der Waals surface area contributed by atoms with E-state index >= 15 is 13.2 Å². The maximum absolute atomic E-state index is 16.1. The number of alkyl halides is 5. The van der Waals surface area contributed by atoms with E-state index in [9.17, 15) is 8.78 Å². The smallest absolute Gasteiger partial charge is 0.328 e. The molecule has 0 N–H and O–H groups in total. The number of methoxy groups -OCH3 is 3. The van der Waals surface area contributed by atoms with Crippen LogP contribution in [0.25, 0.3) is 0 Å². The Labute approximate surface area is 156 Å². The van der Waals surface area contributed by atoms with E-state index < -0.39 is 35.5 Å². The molecule has 3 nitrogen and oxygen atoms in total. The molecule has 0 aliphatic rings.